The summed E-state index contributed by atoms with van der Waals surface area (Å²) in [5, 5.41) is 0. The van der Waals surface area contributed by atoms with Crippen molar-refractivity contribution < 1.29 is 9.53 Å². The fraction of sp³-hybridized carbons (Fsp3) is 0.667. The van der Waals surface area contributed by atoms with Crippen LogP contribution in [0.4, 0.5) is 0 Å². The Labute approximate surface area is 107 Å². The number of Topliss-reactive ketones (excluding diaryl/α,β-unsaturated/α-hetero) is 1. The van der Waals surface area contributed by atoms with Crippen LogP contribution >= 0.6 is 46.4 Å². The predicted molar refractivity (Wildman–Crippen MR) is 60.9 cm³/mol. The highest BCUT2D eigenvalue weighted by atomic mass is 35.5. The predicted octanol–water partition coefficient (Wildman–Crippen LogP) is 3.02. The number of alkyl halides is 4. The van der Waals surface area contributed by atoms with Gasteiger partial charge in [-0.1, -0.05) is 58.6 Å². The fourth-order valence-corrected chi connectivity index (χ4v) is 2.98. The minimum atomic E-state index is -1.77. The quantitative estimate of drug-likeness (QED) is 0.506. The molecule has 0 aliphatic carbocycles. The zero-order valence-electron chi connectivity index (χ0n) is 7.98. The maximum absolute atomic E-state index is 12.0. The van der Waals surface area contributed by atoms with Crippen molar-refractivity contribution in [2.75, 3.05) is 0 Å². The van der Waals surface area contributed by atoms with Gasteiger partial charge in [0.1, 0.15) is 11.2 Å². The Kier molecular flexibility index (Phi) is 2.28. The van der Waals surface area contributed by atoms with E-state index in [1.54, 1.807) is 26.0 Å². The van der Waals surface area contributed by atoms with Gasteiger partial charge in [-0.05, 0) is 13.8 Å². The molecule has 1 saturated heterocycles. The summed E-state index contributed by atoms with van der Waals surface area (Å²) in [6.07, 6.45) is 3.24. The third-order valence-electron chi connectivity index (χ3n) is 2.96. The Hall–Kier alpha value is 0.530. The lowest BCUT2D eigenvalue weighted by Crippen LogP contribution is -2.66. The molecule has 0 aromatic carbocycles. The van der Waals surface area contributed by atoms with E-state index in [0.29, 0.717) is 0 Å². The van der Waals surface area contributed by atoms with Crippen LogP contribution in [0.5, 0.6) is 0 Å². The van der Waals surface area contributed by atoms with Gasteiger partial charge in [-0.25, -0.2) is 0 Å². The first-order valence-electron chi connectivity index (χ1n) is 4.28. The van der Waals surface area contributed by atoms with E-state index < -0.39 is 25.7 Å². The maximum atomic E-state index is 12.0. The van der Waals surface area contributed by atoms with Crippen LogP contribution in [0.1, 0.15) is 13.8 Å². The van der Waals surface area contributed by atoms with Crippen molar-refractivity contribution in [3.8, 4) is 0 Å². The van der Waals surface area contributed by atoms with Gasteiger partial charge in [0.05, 0.1) is 0 Å². The van der Waals surface area contributed by atoms with Crippen LogP contribution < -0.4 is 0 Å². The molecule has 15 heavy (non-hydrogen) atoms. The number of ether oxygens (including phenoxy) is 1. The summed E-state index contributed by atoms with van der Waals surface area (Å²) in [7, 11) is 0. The van der Waals surface area contributed by atoms with E-state index in [1.807, 2.05) is 0 Å². The van der Waals surface area contributed by atoms with Gasteiger partial charge in [0, 0.05) is 0 Å². The largest absolute Gasteiger partial charge is 0.354 e. The van der Waals surface area contributed by atoms with Gasteiger partial charge in [-0.3, -0.25) is 4.79 Å². The summed E-state index contributed by atoms with van der Waals surface area (Å²) < 4.78 is 2.06. The van der Waals surface area contributed by atoms with E-state index in [-0.39, 0.29) is 0 Å². The number of carbonyl (C=O) groups excluding carboxylic acids is 1. The average molecular weight is 290 g/mol. The van der Waals surface area contributed by atoms with E-state index >= 15 is 0 Å². The Morgan fingerprint density at radius 1 is 1.00 bits per heavy atom. The smallest absolute Gasteiger partial charge is 0.211 e. The molecular formula is C9H8Cl4O2. The summed E-state index contributed by atoms with van der Waals surface area (Å²) in [4.78, 5) is 12.0. The van der Waals surface area contributed by atoms with E-state index in [4.69, 9.17) is 51.1 Å². The number of rotatable bonds is 0. The fourth-order valence-electron chi connectivity index (χ4n) is 1.81. The molecule has 0 amide bonds. The van der Waals surface area contributed by atoms with Crippen molar-refractivity contribution in [1.29, 1.82) is 0 Å². The van der Waals surface area contributed by atoms with E-state index in [1.165, 1.54) is 0 Å². The topological polar surface area (TPSA) is 26.3 Å². The normalized spacial score (nSPS) is 45.9. The Bertz CT molecular complexity index is 344. The van der Waals surface area contributed by atoms with Gasteiger partial charge >= 0.3 is 0 Å². The molecule has 2 rings (SSSR count). The van der Waals surface area contributed by atoms with E-state index in [2.05, 4.69) is 0 Å². The first-order chi connectivity index (χ1) is 6.57. The first-order valence-corrected chi connectivity index (χ1v) is 5.79. The van der Waals surface area contributed by atoms with Crippen LogP contribution in [-0.2, 0) is 9.53 Å². The third-order valence-corrected chi connectivity index (χ3v) is 5.15. The maximum Gasteiger partial charge on any atom is 0.211 e. The van der Waals surface area contributed by atoms with Crippen molar-refractivity contribution >= 4 is 52.2 Å². The summed E-state index contributed by atoms with van der Waals surface area (Å²) in [6, 6.07) is 0. The highest BCUT2D eigenvalue weighted by Crippen LogP contribution is 2.59. The minimum absolute atomic E-state index is 0.650. The molecule has 2 atom stereocenters. The van der Waals surface area contributed by atoms with Crippen LogP contribution in [-0.4, -0.2) is 25.7 Å². The van der Waals surface area contributed by atoms with E-state index in [0.717, 1.165) is 0 Å². The van der Waals surface area contributed by atoms with Crippen LogP contribution in [0.3, 0.4) is 0 Å². The molecule has 2 heterocycles. The molecule has 0 aromatic rings. The lowest BCUT2D eigenvalue weighted by Gasteiger charge is -2.49. The molecular weight excluding hydrogens is 282 g/mol. The van der Waals surface area contributed by atoms with Crippen LogP contribution in [0, 0.1) is 0 Å². The summed E-state index contributed by atoms with van der Waals surface area (Å²) >= 11 is 23.9. The molecule has 0 aromatic heterocycles. The Morgan fingerprint density at radius 3 is 1.67 bits per heavy atom. The second-order valence-electron chi connectivity index (χ2n) is 4.13. The lowest BCUT2D eigenvalue weighted by molar-refractivity contribution is -0.153. The molecule has 84 valence electrons. The second kappa shape index (κ2) is 2.85. The molecule has 6 heteroatoms. The zero-order valence-corrected chi connectivity index (χ0v) is 11.0. The molecule has 2 aliphatic heterocycles. The number of ketones is 1. The van der Waals surface area contributed by atoms with Crippen molar-refractivity contribution in [1.82, 2.24) is 0 Å². The van der Waals surface area contributed by atoms with E-state index in [9.17, 15) is 4.79 Å². The molecule has 0 saturated carbocycles. The molecule has 2 nitrogen and oxygen atoms in total. The SMILES string of the molecule is C[C@@]12C=C[C@](C)(O1)C(Cl)(Cl)C(=O)C2(Cl)Cl. The Morgan fingerprint density at radius 2 is 1.33 bits per heavy atom. The van der Waals surface area contributed by atoms with Gasteiger partial charge in [0.25, 0.3) is 0 Å². The lowest BCUT2D eigenvalue weighted by atomic mass is 9.90. The second-order valence-corrected chi connectivity index (χ2v) is 6.78. The standard InChI is InChI=1S/C9H8Cl4O2/c1-6-3-4-7(2,15-6)9(12,13)5(14)8(6,10)11/h3-4H,1-2H3/t6-,7-/m0/s1. The van der Waals surface area contributed by atoms with Crippen LogP contribution in [0.25, 0.3) is 0 Å². The Balaban J connectivity index is 2.64. The molecule has 0 unspecified atom stereocenters. The van der Waals surface area contributed by atoms with Crippen LogP contribution in [0.15, 0.2) is 12.2 Å². The number of carbonyl (C=O) groups is 1. The molecule has 0 N–H and O–H groups in total. The molecule has 1 fully saturated rings. The summed E-state index contributed by atoms with van der Waals surface area (Å²) in [6.45, 7) is 3.24. The highest BCUT2D eigenvalue weighted by Gasteiger charge is 2.72. The van der Waals surface area contributed by atoms with Gasteiger partial charge in [0.2, 0.25) is 14.4 Å². The number of halogens is 4. The number of hydrogen-bond acceptors (Lipinski definition) is 2. The zero-order chi connectivity index (χ0) is 11.7. The third kappa shape index (κ3) is 1.20. The number of fused-ring (bicyclic) bond motifs is 2. The van der Waals surface area contributed by atoms with Gasteiger partial charge in [0.15, 0.2) is 0 Å². The van der Waals surface area contributed by atoms with Gasteiger partial charge < -0.3 is 4.74 Å². The monoisotopic (exact) mass is 288 g/mol. The molecule has 0 spiro atoms. The highest BCUT2D eigenvalue weighted by molar-refractivity contribution is 6.70. The van der Waals surface area contributed by atoms with Crippen molar-refractivity contribution in [3.05, 3.63) is 12.2 Å². The molecule has 2 bridgehead atoms. The van der Waals surface area contributed by atoms with Crippen molar-refractivity contribution in [3.63, 3.8) is 0 Å². The van der Waals surface area contributed by atoms with Crippen molar-refractivity contribution in [2.45, 2.75) is 33.7 Å². The molecule has 0 radical (unpaired) electrons. The van der Waals surface area contributed by atoms with Gasteiger partial charge in [-0.2, -0.15) is 0 Å². The van der Waals surface area contributed by atoms with Gasteiger partial charge in [-0.15, -0.1) is 0 Å². The minimum Gasteiger partial charge on any atom is -0.354 e. The first kappa shape index (κ1) is 12.0. The van der Waals surface area contributed by atoms with Crippen LogP contribution in [0.2, 0.25) is 0 Å². The average Bonchev–Trinajstić information content (AvgIpc) is 2.42. The molecule has 2 aliphatic rings. The van der Waals surface area contributed by atoms with Crippen molar-refractivity contribution in [2.24, 2.45) is 0 Å². The summed E-state index contributed by atoms with van der Waals surface area (Å²) in [5.41, 5.74) is -2.18. The summed E-state index contributed by atoms with van der Waals surface area (Å²) in [5.74, 6) is -0.650. The number of hydrogen-bond donors (Lipinski definition) is 0.